The van der Waals surface area contributed by atoms with Crippen LogP contribution in [0.15, 0.2) is 84.9 Å². The number of ether oxygens (including phenoxy) is 8. The van der Waals surface area contributed by atoms with Crippen LogP contribution in [0.1, 0.15) is 101 Å². The lowest BCUT2D eigenvalue weighted by Crippen LogP contribution is -2.67. The standard InChI is InChI=1S/C29H35ClO8.C23H27ClO8/c1-7-34-22-11-8-20(9-12-22)25(33)23-14-21(10-13-24(23)30)29-27(37-19(6)32)26(36-18(5)31)17(4)28(38-29,15-35-29)16(2)3;1-3-30-15-7-4-13(5-8-15)18(26)16-10-14(6-9-17(16)24)23-21(29)19(27)20(28)22(32-23,11-31-23)12(2)25/h8-14,16-17,25-27,33H,7,15H2,1-6H3;4-10,12,18-21,25-29H,3,11H2,1-2H3/t17-,25?,26-,27+,28+,29-;12?,18?,19-,20-,21+,22+,23-/m00/s1. The van der Waals surface area contributed by atoms with Crippen LogP contribution in [0, 0.1) is 11.8 Å². The molecule has 4 saturated heterocycles. The van der Waals surface area contributed by atoms with Gasteiger partial charge >= 0.3 is 11.9 Å². The first kappa shape index (κ1) is 53.4. The molecular formula is C52H62Cl2O16. The van der Waals surface area contributed by atoms with E-state index < -0.39 is 83.5 Å². The zero-order valence-electron chi connectivity index (χ0n) is 40.2. The molecule has 4 heterocycles. The summed E-state index contributed by atoms with van der Waals surface area (Å²) in [6.07, 6.45) is -10.1. The Bertz CT molecular complexity index is 2490. The van der Waals surface area contributed by atoms with E-state index in [4.69, 9.17) is 61.1 Å². The first-order valence-corrected chi connectivity index (χ1v) is 24.0. The lowest BCUT2D eigenvalue weighted by Gasteiger charge is -2.51. The molecule has 16 nitrogen and oxygen atoms in total. The van der Waals surface area contributed by atoms with E-state index in [-0.39, 0.29) is 35.6 Å². The van der Waals surface area contributed by atoms with Gasteiger partial charge in [-0.05, 0) is 86.3 Å². The van der Waals surface area contributed by atoms with Gasteiger partial charge in [-0.3, -0.25) is 9.59 Å². The molecule has 0 saturated carbocycles. The van der Waals surface area contributed by atoms with E-state index in [1.807, 2.05) is 34.6 Å². The van der Waals surface area contributed by atoms with Crippen molar-refractivity contribution < 1.29 is 78.1 Å². The van der Waals surface area contributed by atoms with Crippen molar-refractivity contribution in [3.05, 3.63) is 128 Å². The third-order valence-electron chi connectivity index (χ3n) is 13.9. The van der Waals surface area contributed by atoms with E-state index in [2.05, 4.69) is 0 Å². The van der Waals surface area contributed by atoms with Crippen LogP contribution in [0.25, 0.3) is 0 Å². The van der Waals surface area contributed by atoms with Gasteiger partial charge in [-0.15, -0.1) is 0 Å². The number of rotatable bonds is 14. The van der Waals surface area contributed by atoms with Crippen molar-refractivity contribution in [1.82, 2.24) is 0 Å². The number of benzene rings is 4. The summed E-state index contributed by atoms with van der Waals surface area (Å²) >= 11 is 12.9. The van der Waals surface area contributed by atoms with Crippen LogP contribution in [-0.4, -0.2) is 117 Å². The molecule has 6 N–H and O–H groups in total. The Balaban J connectivity index is 0.000000209. The maximum absolute atomic E-state index is 12.3. The highest BCUT2D eigenvalue weighted by Gasteiger charge is 2.71. The molecule has 13 atom stereocenters. The lowest BCUT2D eigenvalue weighted by molar-refractivity contribution is -0.337. The Labute approximate surface area is 416 Å². The van der Waals surface area contributed by atoms with Crippen LogP contribution in [-0.2, 0) is 49.6 Å². The summed E-state index contributed by atoms with van der Waals surface area (Å²) in [5, 5.41) is 64.9. The molecule has 70 heavy (non-hydrogen) atoms. The minimum Gasteiger partial charge on any atom is -0.494 e. The van der Waals surface area contributed by atoms with E-state index >= 15 is 0 Å². The number of hydrogen-bond donors (Lipinski definition) is 6. The molecule has 4 aromatic carbocycles. The minimum absolute atomic E-state index is 0.0167. The molecule has 0 spiro atoms. The number of halogens is 2. The molecule has 0 aliphatic carbocycles. The minimum atomic E-state index is -1.85. The molecular weight excluding hydrogens is 951 g/mol. The van der Waals surface area contributed by atoms with Crippen LogP contribution < -0.4 is 9.47 Å². The van der Waals surface area contributed by atoms with Gasteiger partial charge in [0.15, 0.2) is 6.10 Å². The van der Waals surface area contributed by atoms with Gasteiger partial charge in [0.2, 0.25) is 11.6 Å². The fourth-order valence-electron chi connectivity index (χ4n) is 9.91. The maximum atomic E-state index is 12.3. The van der Waals surface area contributed by atoms with Crippen molar-refractivity contribution in [3.8, 4) is 11.5 Å². The molecule has 4 bridgehead atoms. The first-order valence-electron chi connectivity index (χ1n) is 23.3. The van der Waals surface area contributed by atoms with Crippen molar-refractivity contribution in [2.45, 2.75) is 127 Å². The molecule has 3 unspecified atom stereocenters. The largest absolute Gasteiger partial charge is 0.494 e. The van der Waals surface area contributed by atoms with Gasteiger partial charge in [0, 0.05) is 52.1 Å². The predicted molar refractivity (Wildman–Crippen MR) is 254 cm³/mol. The average Bonchev–Trinajstić information content (AvgIpc) is 3.92. The zero-order valence-corrected chi connectivity index (χ0v) is 41.7. The van der Waals surface area contributed by atoms with E-state index in [0.717, 1.165) is 0 Å². The third kappa shape index (κ3) is 9.54. The number of hydrogen-bond acceptors (Lipinski definition) is 16. The van der Waals surface area contributed by atoms with Crippen LogP contribution in [0.5, 0.6) is 11.5 Å². The molecule has 4 aromatic rings. The van der Waals surface area contributed by atoms with Gasteiger partial charge in [-0.25, -0.2) is 0 Å². The monoisotopic (exact) mass is 1010 g/mol. The van der Waals surface area contributed by atoms with Gasteiger partial charge in [0.05, 0.1) is 32.5 Å². The molecule has 8 rings (SSSR count). The number of carbonyl (C=O) groups excluding carboxylic acids is 2. The van der Waals surface area contributed by atoms with Gasteiger partial charge in [0.25, 0.3) is 0 Å². The topological polar surface area (TPSA) is 229 Å². The predicted octanol–water partition coefficient (Wildman–Crippen LogP) is 6.16. The normalized spacial score (nSPS) is 31.2. The Morgan fingerprint density at radius 3 is 1.54 bits per heavy atom. The fourth-order valence-corrected chi connectivity index (χ4v) is 10.4. The van der Waals surface area contributed by atoms with Crippen molar-refractivity contribution >= 4 is 35.1 Å². The van der Waals surface area contributed by atoms with Crippen molar-refractivity contribution in [2.24, 2.45) is 11.8 Å². The third-order valence-corrected chi connectivity index (χ3v) is 14.5. The smallest absolute Gasteiger partial charge is 0.303 e. The summed E-state index contributed by atoms with van der Waals surface area (Å²) in [4.78, 5) is 24.4. The average molecular weight is 1010 g/mol. The summed E-state index contributed by atoms with van der Waals surface area (Å²) in [5.41, 5.74) is 0.259. The van der Waals surface area contributed by atoms with Gasteiger partial charge in [-0.2, -0.15) is 0 Å². The molecule has 4 fully saturated rings. The molecule has 4 aliphatic heterocycles. The van der Waals surface area contributed by atoms with Crippen molar-refractivity contribution in [3.63, 3.8) is 0 Å². The van der Waals surface area contributed by atoms with Gasteiger partial charge in [-0.1, -0.05) is 80.4 Å². The summed E-state index contributed by atoms with van der Waals surface area (Å²) in [5.74, 6) is -3.51. The van der Waals surface area contributed by atoms with Crippen LogP contribution in [0.4, 0.5) is 0 Å². The molecule has 4 aliphatic rings. The zero-order chi connectivity index (χ0) is 51.1. The fraction of sp³-hybridized carbons (Fsp3) is 0.500. The highest BCUT2D eigenvalue weighted by molar-refractivity contribution is 6.31. The second-order valence-electron chi connectivity index (χ2n) is 18.4. The summed E-state index contributed by atoms with van der Waals surface area (Å²) < 4.78 is 47.4. The molecule has 0 amide bonds. The SMILES string of the molecule is CCOc1ccc(C(O)c2cc([C@]34OC[C@](C(C)C)(O3)[C@@H](C)[C@H](OC(C)=O)[C@H]4OC(C)=O)ccc2Cl)cc1.CCOc1ccc(C(O)c2cc([C@]34OC[C@](C(C)O)(O3)[C@@H](O)[C@H](O)[C@H]4O)ccc2Cl)cc1. The maximum Gasteiger partial charge on any atom is 0.303 e. The second kappa shape index (κ2) is 21.0. The summed E-state index contributed by atoms with van der Waals surface area (Å²) in [7, 11) is 0. The highest BCUT2D eigenvalue weighted by Crippen LogP contribution is 2.57. The van der Waals surface area contributed by atoms with E-state index in [1.165, 1.54) is 32.9 Å². The van der Waals surface area contributed by atoms with E-state index in [0.29, 0.717) is 57.6 Å². The van der Waals surface area contributed by atoms with Crippen LogP contribution in [0.2, 0.25) is 10.0 Å². The Kier molecular flexibility index (Phi) is 16.0. The quantitative estimate of drug-likeness (QED) is 0.0777. The second-order valence-corrected chi connectivity index (χ2v) is 19.2. The number of fused-ring (bicyclic) bond motifs is 4. The molecule has 0 radical (unpaired) electrons. The Hall–Kier alpha value is -4.40. The molecule has 18 heteroatoms. The molecule has 0 aromatic heterocycles. The first-order chi connectivity index (χ1) is 33.1. The number of carbonyl (C=O) groups is 2. The number of aliphatic hydroxyl groups excluding tert-OH is 6. The Morgan fingerprint density at radius 1 is 0.657 bits per heavy atom. The van der Waals surface area contributed by atoms with E-state index in [9.17, 15) is 40.2 Å². The highest BCUT2D eigenvalue weighted by atomic mass is 35.5. The van der Waals surface area contributed by atoms with Gasteiger partial charge in [0.1, 0.15) is 59.3 Å². The van der Waals surface area contributed by atoms with Crippen LogP contribution >= 0.6 is 23.2 Å². The Morgan fingerprint density at radius 2 is 1.10 bits per heavy atom. The van der Waals surface area contributed by atoms with E-state index in [1.54, 1.807) is 72.8 Å². The number of esters is 2. The molecule has 380 valence electrons. The van der Waals surface area contributed by atoms with Crippen molar-refractivity contribution in [2.75, 3.05) is 26.4 Å². The lowest BCUT2D eigenvalue weighted by atomic mass is 9.72. The van der Waals surface area contributed by atoms with Gasteiger partial charge < -0.3 is 68.5 Å². The summed E-state index contributed by atoms with van der Waals surface area (Å²) in [6.45, 7) is 14.7. The van der Waals surface area contributed by atoms with Crippen LogP contribution in [0.3, 0.4) is 0 Å². The number of aliphatic hydroxyl groups is 6. The van der Waals surface area contributed by atoms with Crippen molar-refractivity contribution in [1.29, 1.82) is 0 Å². The summed E-state index contributed by atoms with van der Waals surface area (Å²) in [6, 6.07) is 23.6.